The lowest BCUT2D eigenvalue weighted by molar-refractivity contribution is -0.136. The van der Waals surface area contributed by atoms with Gasteiger partial charge in [0.25, 0.3) is 0 Å². The second kappa shape index (κ2) is 4.94. The van der Waals surface area contributed by atoms with E-state index in [-0.39, 0.29) is 6.42 Å². The van der Waals surface area contributed by atoms with Crippen molar-refractivity contribution in [3.8, 4) is 11.1 Å². The second-order valence-corrected chi connectivity index (χ2v) is 5.07. The number of aryl methyl sites for hydroxylation is 2. The fourth-order valence-electron chi connectivity index (χ4n) is 1.93. The summed E-state index contributed by atoms with van der Waals surface area (Å²) in [6.45, 7) is 2.00. The van der Waals surface area contributed by atoms with Crippen LogP contribution in [0.4, 0.5) is 0 Å². The topological polar surface area (TPSA) is 55.1 Å². The lowest BCUT2D eigenvalue weighted by Crippen LogP contribution is -2.07. The van der Waals surface area contributed by atoms with E-state index in [1.807, 2.05) is 25.1 Å². The van der Waals surface area contributed by atoms with Crippen molar-refractivity contribution < 1.29 is 9.90 Å². The van der Waals surface area contributed by atoms with Crippen LogP contribution < -0.4 is 0 Å². The van der Waals surface area contributed by atoms with Crippen molar-refractivity contribution in [2.45, 2.75) is 13.3 Å². The maximum Gasteiger partial charge on any atom is 0.309 e. The van der Waals surface area contributed by atoms with E-state index in [4.69, 9.17) is 5.11 Å². The predicted molar refractivity (Wildman–Crippen MR) is 72.4 cm³/mol. The van der Waals surface area contributed by atoms with Crippen molar-refractivity contribution in [1.82, 2.24) is 9.78 Å². The molecule has 2 aromatic rings. The number of benzene rings is 1. The number of carbonyl (C=O) groups is 1. The maximum absolute atomic E-state index is 10.9. The van der Waals surface area contributed by atoms with Gasteiger partial charge < -0.3 is 5.11 Å². The van der Waals surface area contributed by atoms with Gasteiger partial charge in [0.1, 0.15) is 0 Å². The van der Waals surface area contributed by atoms with Gasteiger partial charge >= 0.3 is 5.97 Å². The molecule has 0 aliphatic carbocycles. The van der Waals surface area contributed by atoms with Crippen LogP contribution in [-0.4, -0.2) is 20.9 Å². The molecule has 0 unspecified atom stereocenters. The molecule has 0 spiro atoms. The summed E-state index contributed by atoms with van der Waals surface area (Å²) in [6.07, 6.45) is 1.69. The maximum atomic E-state index is 10.9. The van der Waals surface area contributed by atoms with Crippen LogP contribution in [-0.2, 0) is 18.3 Å². The van der Waals surface area contributed by atoms with Crippen molar-refractivity contribution >= 4 is 21.9 Å². The number of nitrogens with zero attached hydrogens (tertiary/aromatic N) is 2. The molecule has 94 valence electrons. The van der Waals surface area contributed by atoms with Gasteiger partial charge in [-0.25, -0.2) is 0 Å². The van der Waals surface area contributed by atoms with E-state index in [0.717, 1.165) is 21.2 Å². The van der Waals surface area contributed by atoms with Crippen molar-refractivity contribution in [3.05, 3.63) is 40.1 Å². The first-order chi connectivity index (χ1) is 8.49. The van der Waals surface area contributed by atoms with E-state index in [1.54, 1.807) is 17.9 Å². The third-order valence-corrected chi connectivity index (χ3v) is 3.36. The minimum Gasteiger partial charge on any atom is -0.481 e. The molecule has 0 radical (unpaired) electrons. The van der Waals surface area contributed by atoms with Crippen molar-refractivity contribution in [1.29, 1.82) is 0 Å². The summed E-state index contributed by atoms with van der Waals surface area (Å²) >= 11 is 3.43. The Labute approximate surface area is 113 Å². The Morgan fingerprint density at radius 2 is 2.17 bits per heavy atom. The highest BCUT2D eigenvalue weighted by Gasteiger charge is 2.15. The van der Waals surface area contributed by atoms with E-state index < -0.39 is 5.97 Å². The molecule has 5 heteroatoms. The van der Waals surface area contributed by atoms with Gasteiger partial charge in [-0.2, -0.15) is 5.10 Å². The number of hydrogen-bond acceptors (Lipinski definition) is 2. The molecule has 1 aromatic heterocycles. The summed E-state index contributed by atoms with van der Waals surface area (Å²) in [7, 11) is 1.76. The molecule has 4 nitrogen and oxygen atoms in total. The first-order valence-electron chi connectivity index (χ1n) is 5.48. The lowest BCUT2D eigenvalue weighted by Gasteiger charge is -2.07. The van der Waals surface area contributed by atoms with Crippen LogP contribution in [0, 0.1) is 6.92 Å². The molecular weight excluding hydrogens is 296 g/mol. The van der Waals surface area contributed by atoms with E-state index >= 15 is 0 Å². The van der Waals surface area contributed by atoms with E-state index in [1.165, 1.54) is 0 Å². The van der Waals surface area contributed by atoms with Gasteiger partial charge in [-0.3, -0.25) is 9.48 Å². The summed E-state index contributed by atoms with van der Waals surface area (Å²) in [4.78, 5) is 10.9. The van der Waals surface area contributed by atoms with E-state index in [0.29, 0.717) is 5.69 Å². The number of aromatic nitrogens is 2. The standard InChI is InChI=1S/C13H13BrN2O2/c1-8-3-4-9(14)5-10(8)11-7-15-16(2)12(11)6-13(17)18/h3-5,7H,6H2,1-2H3,(H,17,18). The van der Waals surface area contributed by atoms with Gasteiger partial charge in [0.15, 0.2) is 0 Å². The Bertz CT molecular complexity index is 605. The van der Waals surface area contributed by atoms with Gasteiger partial charge in [0.2, 0.25) is 0 Å². The largest absolute Gasteiger partial charge is 0.481 e. The molecule has 0 amide bonds. The minimum atomic E-state index is -0.854. The molecule has 1 aromatic carbocycles. The lowest BCUT2D eigenvalue weighted by atomic mass is 10.00. The van der Waals surface area contributed by atoms with Crippen LogP contribution >= 0.6 is 15.9 Å². The van der Waals surface area contributed by atoms with Crippen LogP contribution in [0.2, 0.25) is 0 Å². The van der Waals surface area contributed by atoms with Crippen LogP contribution in [0.15, 0.2) is 28.9 Å². The van der Waals surface area contributed by atoms with Gasteiger partial charge in [-0.15, -0.1) is 0 Å². The summed E-state index contributed by atoms with van der Waals surface area (Å²) in [5, 5.41) is 13.1. The third-order valence-electron chi connectivity index (χ3n) is 2.87. The molecular formula is C13H13BrN2O2. The Kier molecular flexibility index (Phi) is 3.52. The van der Waals surface area contributed by atoms with Gasteiger partial charge in [0, 0.05) is 17.1 Å². The van der Waals surface area contributed by atoms with Crippen molar-refractivity contribution in [2.24, 2.45) is 7.05 Å². The van der Waals surface area contributed by atoms with Gasteiger partial charge in [-0.05, 0) is 30.2 Å². The molecule has 2 rings (SSSR count). The summed E-state index contributed by atoms with van der Waals surface area (Å²) < 4.78 is 2.58. The molecule has 0 aliphatic heterocycles. The molecule has 0 saturated carbocycles. The van der Waals surface area contributed by atoms with Gasteiger partial charge in [0.05, 0.1) is 18.3 Å². The molecule has 1 N–H and O–H groups in total. The molecule has 0 aliphatic rings. The first kappa shape index (κ1) is 12.8. The third kappa shape index (κ3) is 2.46. The van der Waals surface area contributed by atoms with Crippen molar-refractivity contribution in [2.75, 3.05) is 0 Å². The molecule has 1 heterocycles. The monoisotopic (exact) mass is 308 g/mol. The molecule has 0 saturated heterocycles. The zero-order valence-corrected chi connectivity index (χ0v) is 11.7. The Morgan fingerprint density at radius 3 is 2.83 bits per heavy atom. The smallest absolute Gasteiger partial charge is 0.309 e. The molecule has 18 heavy (non-hydrogen) atoms. The zero-order valence-electron chi connectivity index (χ0n) is 10.1. The Balaban J connectivity index is 2.57. The summed E-state index contributed by atoms with van der Waals surface area (Å²) in [5.41, 5.74) is 3.69. The highest BCUT2D eigenvalue weighted by molar-refractivity contribution is 9.10. The van der Waals surface area contributed by atoms with Crippen LogP contribution in [0.3, 0.4) is 0 Å². The van der Waals surface area contributed by atoms with Crippen LogP contribution in [0.25, 0.3) is 11.1 Å². The Morgan fingerprint density at radius 1 is 1.44 bits per heavy atom. The number of rotatable bonds is 3. The number of halogens is 1. The Hall–Kier alpha value is -1.62. The van der Waals surface area contributed by atoms with Crippen LogP contribution in [0.5, 0.6) is 0 Å². The molecule has 0 fully saturated rings. The van der Waals surface area contributed by atoms with E-state index in [9.17, 15) is 4.79 Å². The number of carboxylic acid groups (broad SMARTS) is 1. The first-order valence-corrected chi connectivity index (χ1v) is 6.27. The molecule has 0 atom stereocenters. The second-order valence-electron chi connectivity index (χ2n) is 4.16. The van der Waals surface area contributed by atoms with Crippen molar-refractivity contribution in [3.63, 3.8) is 0 Å². The van der Waals surface area contributed by atoms with Crippen LogP contribution in [0.1, 0.15) is 11.3 Å². The fourth-order valence-corrected chi connectivity index (χ4v) is 2.29. The normalized spacial score (nSPS) is 10.6. The molecule has 0 bridgehead atoms. The average Bonchev–Trinajstić information content (AvgIpc) is 2.64. The minimum absolute atomic E-state index is 0.0300. The summed E-state index contributed by atoms with van der Waals surface area (Å²) in [5.74, 6) is -0.854. The highest BCUT2D eigenvalue weighted by Crippen LogP contribution is 2.29. The number of hydrogen-bond donors (Lipinski definition) is 1. The van der Waals surface area contributed by atoms with E-state index in [2.05, 4.69) is 21.0 Å². The number of carboxylic acids is 1. The predicted octanol–water partition coefficient (Wildman–Crippen LogP) is 2.79. The highest BCUT2D eigenvalue weighted by atomic mass is 79.9. The number of aliphatic carboxylic acids is 1. The average molecular weight is 309 g/mol. The fraction of sp³-hybridized carbons (Fsp3) is 0.231. The quantitative estimate of drug-likeness (QED) is 0.948. The zero-order chi connectivity index (χ0) is 13.3. The SMILES string of the molecule is Cc1ccc(Br)cc1-c1cnn(C)c1CC(=O)O. The van der Waals surface area contributed by atoms with Gasteiger partial charge in [-0.1, -0.05) is 22.0 Å². The summed E-state index contributed by atoms with van der Waals surface area (Å²) in [6, 6.07) is 5.95.